The lowest BCUT2D eigenvalue weighted by atomic mass is 10.0. The third kappa shape index (κ3) is 5.43. The average Bonchev–Trinajstić information content (AvgIpc) is 2.87. The summed E-state index contributed by atoms with van der Waals surface area (Å²) in [6.45, 7) is 3.19. The number of piperidine rings is 1. The van der Waals surface area contributed by atoms with Crippen LogP contribution in [0.5, 0.6) is 11.6 Å². The Morgan fingerprint density at radius 3 is 2.31 bits per heavy atom. The third-order valence-electron chi connectivity index (χ3n) is 6.52. The molecular formula is C26H25F5N4O. The van der Waals surface area contributed by atoms with E-state index >= 15 is 0 Å². The van der Waals surface area contributed by atoms with Crippen molar-refractivity contribution in [1.29, 1.82) is 0 Å². The number of hydrogen-bond donors (Lipinski definition) is 0. The van der Waals surface area contributed by atoms with E-state index in [2.05, 4.69) is 14.8 Å². The van der Waals surface area contributed by atoms with Crippen LogP contribution in [0.25, 0.3) is 0 Å². The average molecular weight is 505 g/mol. The maximum Gasteiger partial charge on any atom is 0.416 e. The summed E-state index contributed by atoms with van der Waals surface area (Å²) >= 11 is 0. The van der Waals surface area contributed by atoms with Gasteiger partial charge in [-0.1, -0.05) is 12.1 Å². The summed E-state index contributed by atoms with van der Waals surface area (Å²) < 4.78 is 71.9. The molecule has 0 radical (unpaired) electrons. The van der Waals surface area contributed by atoms with Crippen molar-refractivity contribution in [3.05, 3.63) is 76.5 Å². The Labute approximate surface area is 205 Å². The number of fused-ring (bicyclic) bond motifs is 1. The number of rotatable bonds is 5. The minimum Gasteiger partial charge on any atom is -0.438 e. The number of anilines is 1. The van der Waals surface area contributed by atoms with Crippen LogP contribution in [0.4, 0.5) is 27.9 Å². The molecule has 3 aromatic rings. The Balaban J connectivity index is 1.41. The number of halogens is 5. The van der Waals surface area contributed by atoms with E-state index in [1.807, 2.05) is 0 Å². The summed E-state index contributed by atoms with van der Waals surface area (Å²) in [7, 11) is 0. The van der Waals surface area contributed by atoms with Crippen LogP contribution in [0.3, 0.4) is 0 Å². The van der Waals surface area contributed by atoms with Gasteiger partial charge in [0.25, 0.3) is 0 Å². The van der Waals surface area contributed by atoms with Gasteiger partial charge in [-0.05, 0) is 49.1 Å². The van der Waals surface area contributed by atoms with E-state index in [1.165, 1.54) is 18.2 Å². The number of nitrogens with zero attached hydrogens (tertiary/aromatic N) is 4. The molecule has 5 nitrogen and oxygen atoms in total. The van der Waals surface area contributed by atoms with E-state index in [0.717, 1.165) is 73.4 Å². The second-order valence-corrected chi connectivity index (χ2v) is 9.14. The molecule has 2 aliphatic heterocycles. The number of hydrogen-bond acceptors (Lipinski definition) is 5. The zero-order chi connectivity index (χ0) is 25.3. The molecular weight excluding hydrogens is 479 g/mol. The Morgan fingerprint density at radius 1 is 0.861 bits per heavy atom. The van der Waals surface area contributed by atoms with Crippen molar-refractivity contribution in [2.24, 2.45) is 0 Å². The number of alkyl halides is 3. The van der Waals surface area contributed by atoms with Crippen molar-refractivity contribution < 1.29 is 26.7 Å². The highest BCUT2D eigenvalue weighted by atomic mass is 19.4. The lowest BCUT2D eigenvalue weighted by molar-refractivity contribution is -0.137. The molecule has 0 N–H and O–H groups in total. The van der Waals surface area contributed by atoms with Gasteiger partial charge in [-0.25, -0.2) is 13.8 Å². The first kappa shape index (κ1) is 24.4. The monoisotopic (exact) mass is 504 g/mol. The topological polar surface area (TPSA) is 41.5 Å². The van der Waals surface area contributed by atoms with Crippen molar-refractivity contribution in [3.63, 3.8) is 0 Å². The quantitative estimate of drug-likeness (QED) is 0.392. The molecule has 0 saturated carbocycles. The largest absolute Gasteiger partial charge is 0.438 e. The van der Waals surface area contributed by atoms with Crippen molar-refractivity contribution in [2.75, 3.05) is 24.5 Å². The first-order valence-electron chi connectivity index (χ1n) is 11.9. The molecule has 0 aliphatic carbocycles. The standard InChI is InChI=1S/C26H25F5N4O/c27-21-9-8-19(14-22(21)28)36-24-20-16-34(15-17-4-6-18(7-5-17)26(29,30)31)13-10-23(20)32-25(33-24)35-11-2-1-3-12-35/h4-9,14H,1-3,10-13,15-16H2. The van der Waals surface area contributed by atoms with Gasteiger partial charge in [0.1, 0.15) is 5.75 Å². The second-order valence-electron chi connectivity index (χ2n) is 9.14. The smallest absolute Gasteiger partial charge is 0.416 e. The lowest BCUT2D eigenvalue weighted by Crippen LogP contribution is -2.34. The zero-order valence-electron chi connectivity index (χ0n) is 19.5. The van der Waals surface area contributed by atoms with Gasteiger partial charge in [0.05, 0.1) is 16.8 Å². The molecule has 1 saturated heterocycles. The van der Waals surface area contributed by atoms with E-state index < -0.39 is 23.4 Å². The van der Waals surface area contributed by atoms with Crippen LogP contribution in [0, 0.1) is 11.6 Å². The molecule has 10 heteroatoms. The fourth-order valence-electron chi connectivity index (χ4n) is 4.59. The zero-order valence-corrected chi connectivity index (χ0v) is 19.5. The van der Waals surface area contributed by atoms with Crippen molar-refractivity contribution in [2.45, 2.75) is 44.9 Å². The van der Waals surface area contributed by atoms with Gasteiger partial charge in [0.15, 0.2) is 11.6 Å². The van der Waals surface area contributed by atoms with Crippen molar-refractivity contribution in [3.8, 4) is 11.6 Å². The van der Waals surface area contributed by atoms with Crippen LogP contribution in [-0.4, -0.2) is 34.5 Å². The fourth-order valence-corrected chi connectivity index (χ4v) is 4.59. The summed E-state index contributed by atoms with van der Waals surface area (Å²) in [5, 5.41) is 0. The minimum atomic E-state index is -4.38. The SMILES string of the molecule is Fc1ccc(Oc2nc(N3CCCCC3)nc3c2CN(Cc2ccc(C(F)(F)F)cc2)CC3)cc1F. The van der Waals surface area contributed by atoms with Gasteiger partial charge in [-0.15, -0.1) is 0 Å². The summed E-state index contributed by atoms with van der Waals surface area (Å²) in [4.78, 5) is 13.6. The van der Waals surface area contributed by atoms with Crippen LogP contribution in [0.1, 0.15) is 41.6 Å². The number of aromatic nitrogens is 2. The van der Waals surface area contributed by atoms with E-state index in [1.54, 1.807) is 0 Å². The maximum absolute atomic E-state index is 13.8. The summed E-state index contributed by atoms with van der Waals surface area (Å²) in [5.74, 6) is -1.02. The van der Waals surface area contributed by atoms with Gasteiger partial charge in [-0.3, -0.25) is 4.90 Å². The maximum atomic E-state index is 13.8. The second kappa shape index (κ2) is 10.0. The summed E-state index contributed by atoms with van der Waals surface area (Å²) in [6, 6.07) is 8.45. The highest BCUT2D eigenvalue weighted by molar-refractivity contribution is 5.44. The highest BCUT2D eigenvalue weighted by Gasteiger charge is 2.30. The molecule has 0 bridgehead atoms. The van der Waals surface area contributed by atoms with Crippen LogP contribution < -0.4 is 9.64 Å². The van der Waals surface area contributed by atoms with Crippen LogP contribution in [0.2, 0.25) is 0 Å². The Kier molecular flexibility index (Phi) is 6.79. The molecule has 36 heavy (non-hydrogen) atoms. The van der Waals surface area contributed by atoms with Gasteiger partial charge >= 0.3 is 6.18 Å². The predicted molar refractivity (Wildman–Crippen MR) is 124 cm³/mol. The summed E-state index contributed by atoms with van der Waals surface area (Å²) in [6.07, 6.45) is -0.536. The molecule has 1 aromatic heterocycles. The van der Waals surface area contributed by atoms with Crippen LogP contribution >= 0.6 is 0 Å². The van der Waals surface area contributed by atoms with Gasteiger partial charge in [0.2, 0.25) is 11.8 Å². The summed E-state index contributed by atoms with van der Waals surface area (Å²) in [5.41, 5.74) is 1.63. The van der Waals surface area contributed by atoms with Gasteiger partial charge in [0, 0.05) is 45.2 Å². The molecule has 3 heterocycles. The molecule has 190 valence electrons. The Bertz CT molecular complexity index is 1230. The fraction of sp³-hybridized carbons (Fsp3) is 0.385. The molecule has 5 rings (SSSR count). The highest BCUT2D eigenvalue weighted by Crippen LogP contribution is 2.34. The van der Waals surface area contributed by atoms with Crippen molar-refractivity contribution in [1.82, 2.24) is 14.9 Å². The molecule has 0 unspecified atom stereocenters. The predicted octanol–water partition coefficient (Wildman–Crippen LogP) is 6.11. The third-order valence-corrected chi connectivity index (χ3v) is 6.52. The van der Waals surface area contributed by atoms with Gasteiger partial charge in [-0.2, -0.15) is 18.2 Å². The minimum absolute atomic E-state index is 0.124. The molecule has 2 aliphatic rings. The molecule has 0 amide bonds. The Hall–Kier alpha value is -3.27. The van der Waals surface area contributed by atoms with E-state index in [9.17, 15) is 22.0 Å². The number of benzene rings is 2. The molecule has 1 fully saturated rings. The normalized spacial score (nSPS) is 16.6. The first-order chi connectivity index (χ1) is 17.3. The van der Waals surface area contributed by atoms with Crippen LogP contribution in [-0.2, 0) is 25.7 Å². The van der Waals surface area contributed by atoms with E-state index in [4.69, 9.17) is 9.72 Å². The molecule has 0 spiro atoms. The Morgan fingerprint density at radius 2 is 1.61 bits per heavy atom. The lowest BCUT2D eigenvalue weighted by Gasteiger charge is -2.32. The van der Waals surface area contributed by atoms with E-state index in [-0.39, 0.29) is 11.6 Å². The number of ether oxygens (including phenoxy) is 1. The molecule has 0 atom stereocenters. The molecule has 2 aromatic carbocycles. The van der Waals surface area contributed by atoms with E-state index in [0.29, 0.717) is 32.0 Å². The van der Waals surface area contributed by atoms with Gasteiger partial charge < -0.3 is 9.64 Å². The van der Waals surface area contributed by atoms with Crippen LogP contribution in [0.15, 0.2) is 42.5 Å². The van der Waals surface area contributed by atoms with Crippen molar-refractivity contribution >= 4 is 5.95 Å². The first-order valence-corrected chi connectivity index (χ1v) is 11.9.